The number of hydrogen-bond donors (Lipinski definition) is 2. The lowest BCUT2D eigenvalue weighted by Crippen LogP contribution is -2.41. The van der Waals surface area contributed by atoms with Crippen LogP contribution in [0.5, 0.6) is 0 Å². The van der Waals surface area contributed by atoms with Crippen LogP contribution in [0.1, 0.15) is 38.8 Å². The van der Waals surface area contributed by atoms with Crippen molar-refractivity contribution in [2.24, 2.45) is 4.99 Å². The van der Waals surface area contributed by atoms with Crippen molar-refractivity contribution in [2.45, 2.75) is 33.2 Å². The molecule has 0 saturated carbocycles. The van der Waals surface area contributed by atoms with Gasteiger partial charge in [0.05, 0.1) is 25.8 Å². The van der Waals surface area contributed by atoms with E-state index in [0.29, 0.717) is 6.04 Å². The van der Waals surface area contributed by atoms with Gasteiger partial charge in [0.15, 0.2) is 5.96 Å². The minimum Gasteiger partial charge on any atom is -0.379 e. The second kappa shape index (κ2) is 13.5. The van der Waals surface area contributed by atoms with E-state index in [4.69, 9.17) is 9.73 Å². The number of morpholine rings is 1. The Morgan fingerprint density at radius 1 is 1.11 bits per heavy atom. The van der Waals surface area contributed by atoms with Gasteiger partial charge in [-0.25, -0.2) is 0 Å². The van der Waals surface area contributed by atoms with Gasteiger partial charge in [-0.15, -0.1) is 0 Å². The van der Waals surface area contributed by atoms with Crippen molar-refractivity contribution in [3.8, 4) is 0 Å². The summed E-state index contributed by atoms with van der Waals surface area (Å²) in [5.41, 5.74) is 1.33. The van der Waals surface area contributed by atoms with Gasteiger partial charge in [-0.2, -0.15) is 0 Å². The van der Waals surface area contributed by atoms with Gasteiger partial charge in [0.25, 0.3) is 0 Å². The molecular weight excluding hydrogens is 350 g/mol. The monoisotopic (exact) mass is 389 g/mol. The first-order valence-electron chi connectivity index (χ1n) is 10.9. The minimum absolute atomic E-state index is 0.306. The van der Waals surface area contributed by atoms with Crippen LogP contribution >= 0.6 is 0 Å². The van der Waals surface area contributed by atoms with E-state index in [9.17, 15) is 0 Å². The predicted molar refractivity (Wildman–Crippen MR) is 118 cm³/mol. The molecule has 2 N–H and O–H groups in total. The normalized spacial score (nSPS) is 16.9. The maximum atomic E-state index is 5.41. The van der Waals surface area contributed by atoms with Crippen molar-refractivity contribution in [1.82, 2.24) is 20.4 Å². The number of likely N-dealkylation sites (N-methyl/N-ethyl adjacent to an activating group) is 1. The van der Waals surface area contributed by atoms with Crippen LogP contribution in [0.4, 0.5) is 0 Å². The SMILES string of the molecule is CCNC(=NCC(c1ccccc1)N(CC)CC)NCCCN1CCOCC1. The van der Waals surface area contributed by atoms with Gasteiger partial charge in [0.1, 0.15) is 0 Å². The summed E-state index contributed by atoms with van der Waals surface area (Å²) in [5, 5.41) is 6.89. The molecule has 0 spiro atoms. The number of ether oxygens (including phenoxy) is 1. The van der Waals surface area contributed by atoms with Crippen molar-refractivity contribution in [1.29, 1.82) is 0 Å². The van der Waals surface area contributed by atoms with Crippen molar-refractivity contribution in [3.05, 3.63) is 35.9 Å². The molecule has 1 atom stereocenters. The van der Waals surface area contributed by atoms with Gasteiger partial charge in [-0.05, 0) is 38.5 Å². The first-order chi connectivity index (χ1) is 13.8. The van der Waals surface area contributed by atoms with E-state index in [2.05, 4.69) is 71.5 Å². The molecule has 0 amide bonds. The van der Waals surface area contributed by atoms with Crippen LogP contribution in [0.2, 0.25) is 0 Å². The van der Waals surface area contributed by atoms with Gasteiger partial charge in [0.2, 0.25) is 0 Å². The lowest BCUT2D eigenvalue weighted by molar-refractivity contribution is 0.0376. The lowest BCUT2D eigenvalue weighted by Gasteiger charge is -2.29. The zero-order chi connectivity index (χ0) is 20.0. The Hall–Kier alpha value is -1.63. The molecule has 1 aliphatic heterocycles. The predicted octanol–water partition coefficient (Wildman–Crippen LogP) is 2.35. The van der Waals surface area contributed by atoms with E-state index in [1.165, 1.54) is 5.56 Å². The Kier molecular flexibility index (Phi) is 10.9. The molecule has 0 radical (unpaired) electrons. The number of nitrogens with zero attached hydrogens (tertiary/aromatic N) is 3. The second-order valence-electron chi connectivity index (χ2n) is 7.10. The smallest absolute Gasteiger partial charge is 0.191 e. The quantitative estimate of drug-likeness (QED) is 0.346. The summed E-state index contributed by atoms with van der Waals surface area (Å²) in [6.45, 7) is 16.1. The number of aliphatic imine (C=N–C) groups is 1. The average molecular weight is 390 g/mol. The van der Waals surface area contributed by atoms with Crippen molar-refractivity contribution >= 4 is 5.96 Å². The highest BCUT2D eigenvalue weighted by Crippen LogP contribution is 2.20. The van der Waals surface area contributed by atoms with E-state index < -0.39 is 0 Å². The van der Waals surface area contributed by atoms with E-state index in [0.717, 1.165) is 78.0 Å². The standard InChI is InChI=1S/C22H39N5O/c1-4-23-22(24-13-10-14-26-15-17-28-18-16-26)25-19-21(27(5-2)6-3)20-11-8-7-9-12-20/h7-9,11-12,21H,4-6,10,13-19H2,1-3H3,(H2,23,24,25). The summed E-state index contributed by atoms with van der Waals surface area (Å²) in [4.78, 5) is 9.86. The lowest BCUT2D eigenvalue weighted by atomic mass is 10.1. The highest BCUT2D eigenvalue weighted by atomic mass is 16.5. The minimum atomic E-state index is 0.306. The third-order valence-corrected chi connectivity index (χ3v) is 5.25. The maximum absolute atomic E-state index is 5.41. The number of benzene rings is 1. The highest BCUT2D eigenvalue weighted by molar-refractivity contribution is 5.79. The summed E-state index contributed by atoms with van der Waals surface area (Å²) < 4.78 is 5.41. The molecule has 1 aromatic rings. The fraction of sp³-hybridized carbons (Fsp3) is 0.682. The third-order valence-electron chi connectivity index (χ3n) is 5.25. The Bertz CT molecular complexity index is 541. The van der Waals surface area contributed by atoms with E-state index >= 15 is 0 Å². The molecule has 0 aliphatic carbocycles. The number of hydrogen-bond acceptors (Lipinski definition) is 4. The molecule has 0 aromatic heterocycles. The summed E-state index contributed by atoms with van der Waals surface area (Å²) in [7, 11) is 0. The van der Waals surface area contributed by atoms with E-state index in [-0.39, 0.29) is 0 Å². The zero-order valence-corrected chi connectivity index (χ0v) is 18.0. The number of rotatable bonds is 11. The molecule has 1 unspecified atom stereocenters. The fourth-order valence-corrected chi connectivity index (χ4v) is 3.62. The number of nitrogens with one attached hydrogen (secondary N) is 2. The fourth-order valence-electron chi connectivity index (χ4n) is 3.62. The van der Waals surface area contributed by atoms with Gasteiger partial charge in [-0.1, -0.05) is 44.2 Å². The topological polar surface area (TPSA) is 52.1 Å². The Labute approximate surface area is 171 Å². The Morgan fingerprint density at radius 3 is 2.46 bits per heavy atom. The van der Waals surface area contributed by atoms with Gasteiger partial charge < -0.3 is 15.4 Å². The van der Waals surface area contributed by atoms with E-state index in [1.807, 2.05) is 0 Å². The molecule has 1 saturated heterocycles. The van der Waals surface area contributed by atoms with Crippen LogP contribution < -0.4 is 10.6 Å². The van der Waals surface area contributed by atoms with Crippen LogP contribution in [0.25, 0.3) is 0 Å². The van der Waals surface area contributed by atoms with Crippen LogP contribution in [0, 0.1) is 0 Å². The van der Waals surface area contributed by atoms with Crippen molar-refractivity contribution in [3.63, 3.8) is 0 Å². The number of guanidine groups is 1. The molecule has 2 rings (SSSR count). The molecule has 6 heteroatoms. The Balaban J connectivity index is 1.90. The summed E-state index contributed by atoms with van der Waals surface area (Å²) in [5.74, 6) is 0.914. The Morgan fingerprint density at radius 2 is 1.82 bits per heavy atom. The van der Waals surface area contributed by atoms with Crippen LogP contribution in [0.3, 0.4) is 0 Å². The summed E-state index contributed by atoms with van der Waals surface area (Å²) in [6.07, 6.45) is 1.11. The van der Waals surface area contributed by atoms with Gasteiger partial charge in [0, 0.05) is 26.2 Å². The molecule has 1 aromatic carbocycles. The van der Waals surface area contributed by atoms with Crippen molar-refractivity contribution in [2.75, 3.05) is 65.6 Å². The third kappa shape index (κ3) is 7.78. The van der Waals surface area contributed by atoms with Gasteiger partial charge >= 0.3 is 0 Å². The first kappa shape index (κ1) is 22.7. The molecule has 1 fully saturated rings. The second-order valence-corrected chi connectivity index (χ2v) is 7.10. The largest absolute Gasteiger partial charge is 0.379 e. The highest BCUT2D eigenvalue weighted by Gasteiger charge is 2.17. The van der Waals surface area contributed by atoms with E-state index in [1.54, 1.807) is 0 Å². The van der Waals surface area contributed by atoms with Crippen LogP contribution in [-0.2, 0) is 4.74 Å². The molecule has 158 valence electrons. The molecule has 6 nitrogen and oxygen atoms in total. The molecular formula is C22H39N5O. The zero-order valence-electron chi connectivity index (χ0n) is 18.0. The van der Waals surface area contributed by atoms with Crippen LogP contribution in [0.15, 0.2) is 35.3 Å². The molecule has 0 bridgehead atoms. The summed E-state index contributed by atoms with van der Waals surface area (Å²) in [6, 6.07) is 11.0. The summed E-state index contributed by atoms with van der Waals surface area (Å²) >= 11 is 0. The maximum Gasteiger partial charge on any atom is 0.191 e. The molecule has 1 aliphatic rings. The molecule has 1 heterocycles. The molecule has 28 heavy (non-hydrogen) atoms. The first-order valence-corrected chi connectivity index (χ1v) is 10.9. The van der Waals surface area contributed by atoms with Crippen LogP contribution in [-0.4, -0.2) is 81.3 Å². The van der Waals surface area contributed by atoms with Gasteiger partial charge in [-0.3, -0.25) is 14.8 Å². The average Bonchev–Trinajstić information content (AvgIpc) is 2.75. The van der Waals surface area contributed by atoms with Crippen molar-refractivity contribution < 1.29 is 4.74 Å².